The molecule has 4 nitrogen and oxygen atoms in total. The Morgan fingerprint density at radius 3 is 2.43 bits per heavy atom. The van der Waals surface area contributed by atoms with E-state index in [0.717, 1.165) is 4.43 Å². The molecule has 1 saturated heterocycles. The van der Waals surface area contributed by atoms with E-state index in [1.54, 1.807) is 0 Å². The molecule has 0 spiro atoms. The third kappa shape index (κ3) is 3.27. The van der Waals surface area contributed by atoms with Crippen molar-refractivity contribution in [1.29, 1.82) is 0 Å². The molecule has 0 aromatic carbocycles. The number of amides is 1. The largest absolute Gasteiger partial charge is 0.444 e. The van der Waals surface area contributed by atoms with Gasteiger partial charge in [0.1, 0.15) is 5.60 Å². The molecule has 1 amide bonds. The Morgan fingerprint density at radius 2 is 2.14 bits per heavy atom. The van der Waals surface area contributed by atoms with Gasteiger partial charge in [-0.2, -0.15) is 0 Å². The van der Waals surface area contributed by atoms with Crippen molar-refractivity contribution in [3.8, 4) is 0 Å². The van der Waals surface area contributed by atoms with Crippen LogP contribution in [0.15, 0.2) is 0 Å². The number of ether oxygens (including phenoxy) is 2. The van der Waals surface area contributed by atoms with Gasteiger partial charge in [-0.3, -0.25) is 0 Å². The summed E-state index contributed by atoms with van der Waals surface area (Å²) in [5.74, 6) is 0. The summed E-state index contributed by atoms with van der Waals surface area (Å²) in [4.78, 5) is 11.4. The molecule has 0 bridgehead atoms. The first kappa shape index (κ1) is 12.0. The highest BCUT2D eigenvalue weighted by molar-refractivity contribution is 14.1. The monoisotopic (exact) mass is 313 g/mol. The van der Waals surface area contributed by atoms with Crippen LogP contribution in [0.2, 0.25) is 0 Å². The van der Waals surface area contributed by atoms with Gasteiger partial charge in [-0.25, -0.2) is 4.79 Å². The number of hydrogen-bond acceptors (Lipinski definition) is 3. The average Bonchev–Trinajstić information content (AvgIpc) is 1.93. The molecule has 1 N–H and O–H groups in total. The van der Waals surface area contributed by atoms with Gasteiger partial charge in [0.15, 0.2) is 0 Å². The Kier molecular flexibility index (Phi) is 3.63. The van der Waals surface area contributed by atoms with Crippen LogP contribution >= 0.6 is 22.6 Å². The molecule has 82 valence electrons. The highest BCUT2D eigenvalue weighted by Gasteiger charge is 2.40. The van der Waals surface area contributed by atoms with Crippen molar-refractivity contribution >= 4 is 28.7 Å². The molecule has 1 aliphatic heterocycles. The van der Waals surface area contributed by atoms with Crippen LogP contribution in [0, 0.1) is 0 Å². The van der Waals surface area contributed by atoms with Crippen LogP contribution in [0.5, 0.6) is 0 Å². The van der Waals surface area contributed by atoms with E-state index in [1.807, 2.05) is 20.8 Å². The minimum atomic E-state index is -0.443. The smallest absolute Gasteiger partial charge is 0.408 e. The molecule has 0 saturated carbocycles. The predicted octanol–water partition coefficient (Wildman–Crippen LogP) is 1.72. The number of carbonyl (C=O) groups excluding carboxylic acids is 1. The topological polar surface area (TPSA) is 47.6 Å². The highest BCUT2D eigenvalue weighted by atomic mass is 127. The molecule has 5 heteroatoms. The van der Waals surface area contributed by atoms with Crippen molar-refractivity contribution in [3.63, 3.8) is 0 Å². The third-order valence-electron chi connectivity index (χ3n) is 1.78. The molecule has 0 radical (unpaired) electrons. The second kappa shape index (κ2) is 4.22. The summed E-state index contributed by atoms with van der Waals surface area (Å²) in [7, 11) is 0. The normalized spacial score (nSPS) is 19.7. The number of hydrogen-bond donors (Lipinski definition) is 1. The van der Waals surface area contributed by atoms with Crippen LogP contribution in [-0.4, -0.2) is 34.9 Å². The first-order valence-corrected chi connectivity index (χ1v) is 6.04. The van der Waals surface area contributed by atoms with E-state index in [-0.39, 0.29) is 11.6 Å². The number of alkyl halides is 1. The van der Waals surface area contributed by atoms with E-state index in [4.69, 9.17) is 9.47 Å². The van der Waals surface area contributed by atoms with Crippen LogP contribution in [0.1, 0.15) is 20.8 Å². The molecule has 1 fully saturated rings. The summed E-state index contributed by atoms with van der Waals surface area (Å²) < 4.78 is 11.1. The van der Waals surface area contributed by atoms with Crippen molar-refractivity contribution in [3.05, 3.63) is 0 Å². The fourth-order valence-electron chi connectivity index (χ4n) is 1.05. The number of nitrogens with one attached hydrogen (secondary N) is 1. The van der Waals surface area contributed by atoms with Gasteiger partial charge >= 0.3 is 6.09 Å². The molecule has 0 aromatic heterocycles. The Hall–Kier alpha value is -0.0400. The van der Waals surface area contributed by atoms with Gasteiger partial charge < -0.3 is 14.8 Å². The van der Waals surface area contributed by atoms with E-state index < -0.39 is 5.60 Å². The zero-order valence-corrected chi connectivity index (χ0v) is 10.9. The fourth-order valence-corrected chi connectivity index (χ4v) is 1.68. The van der Waals surface area contributed by atoms with Gasteiger partial charge in [-0.15, -0.1) is 0 Å². The molecule has 0 aromatic rings. The summed E-state index contributed by atoms with van der Waals surface area (Å²) in [5.41, 5.74) is -0.649. The molecule has 0 unspecified atom stereocenters. The summed E-state index contributed by atoms with van der Waals surface area (Å²) >= 11 is 2.24. The lowest BCUT2D eigenvalue weighted by molar-refractivity contribution is -0.0622. The van der Waals surface area contributed by atoms with E-state index in [0.29, 0.717) is 13.2 Å². The highest BCUT2D eigenvalue weighted by Crippen LogP contribution is 2.20. The molecule has 1 heterocycles. The van der Waals surface area contributed by atoms with Crippen molar-refractivity contribution in [2.45, 2.75) is 31.9 Å². The van der Waals surface area contributed by atoms with Gasteiger partial charge in [0.05, 0.1) is 18.8 Å². The Balaban J connectivity index is 2.40. The zero-order chi connectivity index (χ0) is 10.8. The SMILES string of the molecule is CC(C)(C)OC(=O)NC1(CI)COC1. The second-order valence-electron chi connectivity index (χ2n) is 4.53. The maximum Gasteiger partial charge on any atom is 0.408 e. The van der Waals surface area contributed by atoms with E-state index in [9.17, 15) is 4.79 Å². The number of rotatable bonds is 2. The first-order chi connectivity index (χ1) is 6.37. The average molecular weight is 313 g/mol. The molecule has 1 aliphatic rings. The van der Waals surface area contributed by atoms with Gasteiger partial charge in [0.25, 0.3) is 0 Å². The Morgan fingerprint density at radius 1 is 1.57 bits per heavy atom. The summed E-state index contributed by atoms with van der Waals surface area (Å²) in [6.07, 6.45) is -0.363. The molecule has 1 rings (SSSR count). The van der Waals surface area contributed by atoms with Crippen molar-refractivity contribution in [2.75, 3.05) is 17.6 Å². The summed E-state index contributed by atoms with van der Waals surface area (Å²) in [6.45, 7) is 6.70. The van der Waals surface area contributed by atoms with E-state index >= 15 is 0 Å². The molecule has 14 heavy (non-hydrogen) atoms. The Labute approximate surface area is 97.9 Å². The van der Waals surface area contributed by atoms with Crippen LogP contribution in [0.3, 0.4) is 0 Å². The van der Waals surface area contributed by atoms with Crippen LogP contribution in [-0.2, 0) is 9.47 Å². The van der Waals surface area contributed by atoms with E-state index in [1.165, 1.54) is 0 Å². The van der Waals surface area contributed by atoms with Crippen LogP contribution in [0.25, 0.3) is 0 Å². The lowest BCUT2D eigenvalue weighted by atomic mass is 10.0. The van der Waals surface area contributed by atoms with Gasteiger partial charge in [-0.1, -0.05) is 22.6 Å². The van der Waals surface area contributed by atoms with Gasteiger partial charge in [0.2, 0.25) is 0 Å². The predicted molar refractivity (Wildman–Crippen MR) is 61.8 cm³/mol. The lowest BCUT2D eigenvalue weighted by Crippen LogP contribution is -2.63. The van der Waals surface area contributed by atoms with Gasteiger partial charge in [-0.05, 0) is 20.8 Å². The fraction of sp³-hybridized carbons (Fsp3) is 0.889. The van der Waals surface area contributed by atoms with Crippen molar-refractivity contribution < 1.29 is 14.3 Å². The number of halogens is 1. The summed E-state index contributed by atoms with van der Waals surface area (Å²) in [5, 5.41) is 2.84. The van der Waals surface area contributed by atoms with Crippen LogP contribution < -0.4 is 5.32 Å². The zero-order valence-electron chi connectivity index (χ0n) is 8.72. The third-order valence-corrected chi connectivity index (χ3v) is 3.24. The van der Waals surface area contributed by atoms with Crippen molar-refractivity contribution in [1.82, 2.24) is 5.32 Å². The molecular weight excluding hydrogens is 297 g/mol. The quantitative estimate of drug-likeness (QED) is 0.624. The first-order valence-electron chi connectivity index (χ1n) is 4.52. The lowest BCUT2D eigenvalue weighted by Gasteiger charge is -2.40. The second-order valence-corrected chi connectivity index (χ2v) is 5.30. The maximum absolute atomic E-state index is 11.4. The maximum atomic E-state index is 11.4. The minimum Gasteiger partial charge on any atom is -0.444 e. The molecule has 0 aliphatic carbocycles. The standard InChI is InChI=1S/C9H16INO3/c1-8(2,3)14-7(12)11-9(4-10)5-13-6-9/h4-6H2,1-3H3,(H,11,12). The van der Waals surface area contributed by atoms with Gasteiger partial charge in [0, 0.05) is 4.43 Å². The number of alkyl carbamates (subject to hydrolysis) is 1. The minimum absolute atomic E-state index is 0.205. The van der Waals surface area contributed by atoms with Crippen LogP contribution in [0.4, 0.5) is 4.79 Å². The van der Waals surface area contributed by atoms with Crippen molar-refractivity contribution in [2.24, 2.45) is 0 Å². The molecular formula is C9H16INO3. The Bertz CT molecular complexity index is 215. The summed E-state index contributed by atoms with van der Waals surface area (Å²) in [6, 6.07) is 0. The number of carbonyl (C=O) groups is 1. The van der Waals surface area contributed by atoms with E-state index in [2.05, 4.69) is 27.9 Å². The molecule has 0 atom stereocenters.